The van der Waals surface area contributed by atoms with Crippen molar-refractivity contribution in [3.63, 3.8) is 0 Å². The monoisotopic (exact) mass is 609 g/mol. The molecule has 0 N–H and O–H groups in total. The van der Waals surface area contributed by atoms with Crippen molar-refractivity contribution in [3.05, 3.63) is 192 Å². The molecule has 3 aliphatic heterocycles. The molecule has 0 atom stereocenters. The van der Waals surface area contributed by atoms with Crippen LogP contribution in [-0.4, -0.2) is 6.71 Å². The zero-order chi connectivity index (χ0) is 31.4. The fraction of sp³-hybridized carbons (Fsp3) is 0.0222. The van der Waals surface area contributed by atoms with Gasteiger partial charge in [-0.05, 0) is 68.0 Å². The summed E-state index contributed by atoms with van der Waals surface area (Å²) in [6.07, 6.45) is 0. The maximum Gasteiger partial charge on any atom is 0.253 e. The number of benzene rings is 7. The van der Waals surface area contributed by atoms with Gasteiger partial charge >= 0.3 is 0 Å². The summed E-state index contributed by atoms with van der Waals surface area (Å²) in [6.45, 7) is 0.00302. The summed E-state index contributed by atoms with van der Waals surface area (Å²) in [7, 11) is 0. The Morgan fingerprint density at radius 1 is 0.479 bits per heavy atom. The molecule has 1 aromatic heterocycles. The molecule has 0 unspecified atom stereocenters. The van der Waals surface area contributed by atoms with Gasteiger partial charge in [0, 0.05) is 22.3 Å². The van der Waals surface area contributed by atoms with Crippen molar-refractivity contribution in [1.82, 2.24) is 0 Å². The SMILES string of the molecule is c1ccc(-c2oc3cccc4c3c2B2c3cccc5c3N(c3ccccc3C5(c3ccccc3)c3ccccc3)c3cccc-4c32)cc1. The second-order valence-electron chi connectivity index (χ2n) is 13.1. The molecule has 2 nitrogen and oxygen atoms in total. The average Bonchev–Trinajstić information content (AvgIpc) is 3.55. The molecule has 48 heavy (non-hydrogen) atoms. The Morgan fingerprint density at radius 2 is 1.08 bits per heavy atom. The predicted octanol–water partition coefficient (Wildman–Crippen LogP) is 9.08. The third-order valence-corrected chi connectivity index (χ3v) is 10.9. The highest BCUT2D eigenvalue weighted by molar-refractivity contribution is 7.01. The van der Waals surface area contributed by atoms with E-state index in [1.165, 1.54) is 72.2 Å². The summed E-state index contributed by atoms with van der Waals surface area (Å²) in [5.74, 6) is 0.961. The lowest BCUT2D eigenvalue weighted by atomic mass is 9.31. The second kappa shape index (κ2) is 9.50. The van der Waals surface area contributed by atoms with Gasteiger partial charge in [0.25, 0.3) is 6.71 Å². The molecule has 0 amide bonds. The lowest BCUT2D eigenvalue weighted by Crippen LogP contribution is -2.61. The fourth-order valence-electron chi connectivity index (χ4n) is 9.23. The van der Waals surface area contributed by atoms with Crippen LogP contribution in [0.2, 0.25) is 0 Å². The van der Waals surface area contributed by atoms with E-state index in [1.54, 1.807) is 0 Å². The Morgan fingerprint density at radius 3 is 1.85 bits per heavy atom. The molecule has 0 saturated carbocycles. The van der Waals surface area contributed by atoms with Crippen molar-refractivity contribution in [3.8, 4) is 22.5 Å². The Hall–Kier alpha value is -6.06. The van der Waals surface area contributed by atoms with Gasteiger partial charge in [0.05, 0.1) is 11.1 Å². The molecule has 0 fully saturated rings. The highest BCUT2D eigenvalue weighted by atomic mass is 16.3. The van der Waals surface area contributed by atoms with Gasteiger partial charge in [-0.3, -0.25) is 0 Å². The standard InChI is InChI=1S/C45H28BNO/c1-4-15-29(16-5-1)44-42-40-32(21-13-28-39(40)48-44)33-22-12-27-38-41(33)46(42)36-25-14-24-35-43(36)47(38)37-26-11-10-23-34(37)45(35,30-17-6-2-7-18-30)31-19-8-3-9-20-31/h1-28H. The Kier molecular flexibility index (Phi) is 5.16. The molecule has 0 aliphatic carbocycles. The third kappa shape index (κ3) is 3.14. The van der Waals surface area contributed by atoms with Crippen molar-refractivity contribution in [1.29, 1.82) is 0 Å². The lowest BCUT2D eigenvalue weighted by Gasteiger charge is -2.50. The maximum absolute atomic E-state index is 6.86. The van der Waals surface area contributed by atoms with Crippen LogP contribution < -0.4 is 21.3 Å². The zero-order valence-corrected chi connectivity index (χ0v) is 26.1. The van der Waals surface area contributed by atoms with Gasteiger partial charge in [-0.15, -0.1) is 0 Å². The van der Waals surface area contributed by atoms with Crippen LogP contribution in [0.15, 0.2) is 174 Å². The van der Waals surface area contributed by atoms with Gasteiger partial charge in [-0.25, -0.2) is 0 Å². The maximum atomic E-state index is 6.86. The summed E-state index contributed by atoms with van der Waals surface area (Å²) >= 11 is 0. The zero-order valence-electron chi connectivity index (χ0n) is 26.1. The van der Waals surface area contributed by atoms with Crippen LogP contribution in [0.5, 0.6) is 0 Å². The molecule has 3 heteroatoms. The number of rotatable bonds is 3. The van der Waals surface area contributed by atoms with Crippen LogP contribution in [0.1, 0.15) is 22.3 Å². The van der Waals surface area contributed by atoms with Crippen molar-refractivity contribution in [2.24, 2.45) is 0 Å². The first-order valence-electron chi connectivity index (χ1n) is 16.7. The van der Waals surface area contributed by atoms with Crippen LogP contribution in [-0.2, 0) is 5.41 Å². The van der Waals surface area contributed by atoms with E-state index in [2.05, 4.69) is 175 Å². The molecular weight excluding hydrogens is 581 g/mol. The molecule has 11 rings (SSSR count). The summed E-state index contributed by atoms with van der Waals surface area (Å²) < 4.78 is 6.86. The minimum atomic E-state index is -0.517. The predicted molar refractivity (Wildman–Crippen MR) is 198 cm³/mol. The summed E-state index contributed by atoms with van der Waals surface area (Å²) in [4.78, 5) is 2.56. The highest BCUT2D eigenvalue weighted by Gasteiger charge is 2.52. The van der Waals surface area contributed by atoms with Crippen molar-refractivity contribution in [2.45, 2.75) is 5.41 Å². The summed E-state index contributed by atoms with van der Waals surface area (Å²) in [6, 6.07) is 62.3. The molecule has 8 aromatic rings. The van der Waals surface area contributed by atoms with E-state index in [9.17, 15) is 0 Å². The van der Waals surface area contributed by atoms with Gasteiger partial charge < -0.3 is 9.32 Å². The van der Waals surface area contributed by atoms with E-state index in [4.69, 9.17) is 4.42 Å². The molecule has 0 bridgehead atoms. The van der Waals surface area contributed by atoms with Crippen LogP contribution in [0, 0.1) is 0 Å². The Labute approximate surface area is 279 Å². The number of nitrogens with zero attached hydrogens (tertiary/aromatic N) is 1. The normalized spacial score (nSPS) is 14.3. The van der Waals surface area contributed by atoms with E-state index in [0.29, 0.717) is 0 Å². The number of fused-ring (bicyclic) bond motifs is 6. The number of hydrogen-bond donors (Lipinski definition) is 0. The summed E-state index contributed by atoms with van der Waals surface area (Å²) in [5, 5.41) is 1.23. The average molecular weight is 610 g/mol. The largest absolute Gasteiger partial charge is 0.457 e. The Balaban J connectivity index is 1.33. The first-order chi connectivity index (χ1) is 23.9. The third-order valence-electron chi connectivity index (χ3n) is 10.9. The molecule has 0 radical (unpaired) electrons. The van der Waals surface area contributed by atoms with E-state index in [0.717, 1.165) is 16.9 Å². The van der Waals surface area contributed by atoms with Crippen LogP contribution in [0.3, 0.4) is 0 Å². The van der Waals surface area contributed by atoms with Gasteiger partial charge in [0.2, 0.25) is 0 Å². The van der Waals surface area contributed by atoms with E-state index < -0.39 is 5.41 Å². The highest BCUT2D eigenvalue weighted by Crippen LogP contribution is 2.58. The molecule has 222 valence electrons. The molecule has 0 spiro atoms. The Bertz CT molecular complexity index is 2530. The van der Waals surface area contributed by atoms with Gasteiger partial charge in [0.15, 0.2) is 0 Å². The van der Waals surface area contributed by atoms with Crippen LogP contribution >= 0.6 is 0 Å². The number of para-hydroxylation sites is 2. The first-order valence-corrected chi connectivity index (χ1v) is 16.7. The second-order valence-corrected chi connectivity index (χ2v) is 13.1. The molecule has 7 aromatic carbocycles. The number of furan rings is 1. The van der Waals surface area contributed by atoms with Gasteiger partial charge in [0.1, 0.15) is 11.3 Å². The molecule has 3 aliphatic rings. The van der Waals surface area contributed by atoms with Crippen molar-refractivity contribution in [2.75, 3.05) is 4.90 Å². The number of hydrogen-bond acceptors (Lipinski definition) is 2. The van der Waals surface area contributed by atoms with Crippen molar-refractivity contribution < 1.29 is 4.42 Å². The van der Waals surface area contributed by atoms with E-state index in [-0.39, 0.29) is 6.71 Å². The van der Waals surface area contributed by atoms with E-state index in [1.807, 2.05) is 0 Å². The van der Waals surface area contributed by atoms with E-state index >= 15 is 0 Å². The minimum Gasteiger partial charge on any atom is -0.457 e. The molecular formula is C45H28BNO. The first kappa shape index (κ1) is 26.1. The quantitative estimate of drug-likeness (QED) is 0.186. The molecule has 4 heterocycles. The fourth-order valence-corrected chi connectivity index (χ4v) is 9.23. The topological polar surface area (TPSA) is 16.4 Å². The van der Waals surface area contributed by atoms with Gasteiger partial charge in [-0.2, -0.15) is 0 Å². The molecule has 0 saturated heterocycles. The van der Waals surface area contributed by atoms with Crippen LogP contribution in [0.4, 0.5) is 17.1 Å². The smallest absolute Gasteiger partial charge is 0.253 e. The lowest BCUT2D eigenvalue weighted by molar-refractivity contribution is 0.633. The van der Waals surface area contributed by atoms with Gasteiger partial charge in [-0.1, -0.05) is 152 Å². The van der Waals surface area contributed by atoms with Crippen molar-refractivity contribution >= 4 is 51.1 Å². The van der Waals surface area contributed by atoms with Crippen LogP contribution in [0.25, 0.3) is 33.4 Å². The minimum absolute atomic E-state index is 0.00302. The summed E-state index contributed by atoms with van der Waals surface area (Å²) in [5.41, 5.74) is 16.8. The number of anilines is 3.